The van der Waals surface area contributed by atoms with Crippen molar-refractivity contribution >= 4 is 11.6 Å². The fourth-order valence-corrected chi connectivity index (χ4v) is 2.53. The second-order valence-corrected chi connectivity index (χ2v) is 6.00. The molecule has 2 heterocycles. The first-order valence-corrected chi connectivity index (χ1v) is 8.38. The van der Waals surface area contributed by atoms with Crippen LogP contribution < -0.4 is 10.1 Å². The van der Waals surface area contributed by atoms with E-state index in [0.717, 1.165) is 23.4 Å². The zero-order valence-electron chi connectivity index (χ0n) is 13.9. The van der Waals surface area contributed by atoms with Crippen LogP contribution in [0.25, 0.3) is 0 Å². The fraction of sp³-hybridized carbons (Fsp3) is 0.278. The first-order valence-electron chi connectivity index (χ1n) is 8.01. The summed E-state index contributed by atoms with van der Waals surface area (Å²) in [4.78, 5) is 8.27. The Morgan fingerprint density at radius 3 is 2.96 bits per heavy atom. The molecule has 25 heavy (non-hydrogen) atoms. The van der Waals surface area contributed by atoms with Crippen molar-refractivity contribution in [2.45, 2.75) is 26.5 Å². The van der Waals surface area contributed by atoms with Gasteiger partial charge in [-0.25, -0.2) is 0 Å². The summed E-state index contributed by atoms with van der Waals surface area (Å²) in [6.07, 6.45) is 4.21. The molecule has 0 aliphatic carbocycles. The molecule has 1 aromatic carbocycles. The summed E-state index contributed by atoms with van der Waals surface area (Å²) >= 11 is 6.12. The van der Waals surface area contributed by atoms with E-state index >= 15 is 0 Å². The van der Waals surface area contributed by atoms with Gasteiger partial charge in [0.25, 0.3) is 0 Å². The first kappa shape index (κ1) is 17.4. The quantitative estimate of drug-likeness (QED) is 0.622. The molecule has 6 nitrogen and oxygen atoms in total. The van der Waals surface area contributed by atoms with Gasteiger partial charge in [-0.2, -0.15) is 4.98 Å². The predicted molar refractivity (Wildman–Crippen MR) is 94.5 cm³/mol. The molecule has 1 N–H and O–H groups in total. The molecule has 3 aromatic rings. The minimum absolute atomic E-state index is 0.462. The Balaban J connectivity index is 1.55. The molecule has 0 bridgehead atoms. The summed E-state index contributed by atoms with van der Waals surface area (Å²) in [5.41, 5.74) is 2.02. The zero-order valence-corrected chi connectivity index (χ0v) is 14.7. The van der Waals surface area contributed by atoms with Crippen LogP contribution in [0.3, 0.4) is 0 Å². The number of rotatable bonds is 8. The molecule has 0 unspecified atom stereocenters. The highest BCUT2D eigenvalue weighted by Crippen LogP contribution is 2.23. The van der Waals surface area contributed by atoms with Crippen LogP contribution in [0.5, 0.6) is 5.75 Å². The van der Waals surface area contributed by atoms with Gasteiger partial charge >= 0.3 is 0 Å². The summed E-state index contributed by atoms with van der Waals surface area (Å²) in [5, 5.41) is 7.80. The molecule has 0 amide bonds. The van der Waals surface area contributed by atoms with Gasteiger partial charge in [-0.15, -0.1) is 0 Å². The van der Waals surface area contributed by atoms with E-state index in [0.29, 0.717) is 36.3 Å². The number of pyridine rings is 1. The average molecular weight is 359 g/mol. The Bertz CT molecular complexity index is 808. The Kier molecular flexibility index (Phi) is 5.98. The molecule has 0 radical (unpaired) electrons. The second kappa shape index (κ2) is 8.60. The van der Waals surface area contributed by atoms with E-state index in [1.807, 2.05) is 30.3 Å². The Morgan fingerprint density at radius 1 is 1.28 bits per heavy atom. The van der Waals surface area contributed by atoms with Crippen molar-refractivity contribution in [3.05, 3.63) is 70.6 Å². The van der Waals surface area contributed by atoms with Crippen LogP contribution in [0.2, 0.25) is 5.02 Å². The number of aromatic nitrogens is 3. The number of halogens is 1. The maximum atomic E-state index is 6.12. The van der Waals surface area contributed by atoms with Gasteiger partial charge in [0.1, 0.15) is 12.4 Å². The third kappa shape index (κ3) is 5.27. The lowest BCUT2D eigenvalue weighted by molar-refractivity contribution is 0.301. The minimum Gasteiger partial charge on any atom is -0.489 e. The Labute approximate surface area is 151 Å². The molecule has 0 atom stereocenters. The number of hydrogen-bond acceptors (Lipinski definition) is 6. The van der Waals surface area contributed by atoms with Crippen LogP contribution in [0.15, 0.2) is 47.2 Å². The van der Waals surface area contributed by atoms with Crippen LogP contribution in [0, 0.1) is 6.92 Å². The van der Waals surface area contributed by atoms with Crippen molar-refractivity contribution in [1.29, 1.82) is 0 Å². The van der Waals surface area contributed by atoms with Gasteiger partial charge in [0.15, 0.2) is 5.82 Å². The van der Waals surface area contributed by atoms with Crippen molar-refractivity contribution in [1.82, 2.24) is 20.4 Å². The van der Waals surface area contributed by atoms with E-state index in [-0.39, 0.29) is 0 Å². The zero-order chi connectivity index (χ0) is 17.5. The van der Waals surface area contributed by atoms with Gasteiger partial charge in [0, 0.05) is 48.1 Å². The number of benzene rings is 1. The lowest BCUT2D eigenvalue weighted by Crippen LogP contribution is -2.17. The second-order valence-electron chi connectivity index (χ2n) is 5.56. The number of nitrogens with one attached hydrogen (secondary N) is 1. The molecular formula is C18H19ClN4O2. The number of ether oxygens (including phenoxy) is 1. The molecule has 7 heteroatoms. The van der Waals surface area contributed by atoms with Crippen LogP contribution in [0.1, 0.15) is 22.8 Å². The third-order valence-corrected chi connectivity index (χ3v) is 3.78. The summed E-state index contributed by atoms with van der Waals surface area (Å²) in [7, 11) is 0. The highest BCUT2D eigenvalue weighted by Gasteiger charge is 2.07. The number of nitrogens with zero attached hydrogens (tertiary/aromatic N) is 3. The molecule has 130 valence electrons. The van der Waals surface area contributed by atoms with Gasteiger partial charge in [0.05, 0.1) is 0 Å². The van der Waals surface area contributed by atoms with Gasteiger partial charge in [-0.05, 0) is 31.2 Å². The van der Waals surface area contributed by atoms with Crippen molar-refractivity contribution in [3.63, 3.8) is 0 Å². The summed E-state index contributed by atoms with van der Waals surface area (Å²) in [6, 6.07) is 9.49. The van der Waals surface area contributed by atoms with Crippen LogP contribution in [-0.2, 0) is 19.6 Å². The molecular weight excluding hydrogens is 340 g/mol. The molecule has 0 spiro atoms. The molecule has 0 fully saturated rings. The van der Waals surface area contributed by atoms with Gasteiger partial charge in [-0.1, -0.05) is 22.8 Å². The van der Waals surface area contributed by atoms with Crippen LogP contribution >= 0.6 is 11.6 Å². The molecule has 0 saturated heterocycles. The molecule has 2 aromatic heterocycles. The fourth-order valence-electron chi connectivity index (χ4n) is 2.33. The monoisotopic (exact) mass is 358 g/mol. The SMILES string of the molecule is Cc1noc(CCNCc2cc(Cl)ccc2OCc2cccnc2)n1. The van der Waals surface area contributed by atoms with Gasteiger partial charge < -0.3 is 14.6 Å². The summed E-state index contributed by atoms with van der Waals surface area (Å²) in [6.45, 7) is 3.62. The molecule has 0 aliphatic heterocycles. The highest BCUT2D eigenvalue weighted by molar-refractivity contribution is 6.30. The maximum Gasteiger partial charge on any atom is 0.227 e. The number of hydrogen-bond donors (Lipinski definition) is 1. The van der Waals surface area contributed by atoms with Crippen LogP contribution in [-0.4, -0.2) is 21.7 Å². The topological polar surface area (TPSA) is 73.1 Å². The average Bonchev–Trinajstić information content (AvgIpc) is 3.04. The Morgan fingerprint density at radius 2 is 2.20 bits per heavy atom. The normalized spacial score (nSPS) is 10.8. The van der Waals surface area contributed by atoms with E-state index in [1.165, 1.54) is 0 Å². The molecule has 0 aliphatic rings. The third-order valence-electron chi connectivity index (χ3n) is 3.54. The van der Waals surface area contributed by atoms with Gasteiger partial charge in [0.2, 0.25) is 5.89 Å². The highest BCUT2D eigenvalue weighted by atomic mass is 35.5. The van der Waals surface area contributed by atoms with E-state index in [2.05, 4.69) is 20.4 Å². The van der Waals surface area contributed by atoms with Crippen LogP contribution in [0.4, 0.5) is 0 Å². The van der Waals surface area contributed by atoms with Crippen molar-refractivity contribution in [2.24, 2.45) is 0 Å². The van der Waals surface area contributed by atoms with E-state index in [1.54, 1.807) is 19.3 Å². The van der Waals surface area contributed by atoms with E-state index in [4.69, 9.17) is 20.9 Å². The molecule has 0 saturated carbocycles. The predicted octanol–water partition coefficient (Wildman–Crippen LogP) is 3.34. The lowest BCUT2D eigenvalue weighted by Gasteiger charge is -2.12. The minimum atomic E-state index is 0.462. The van der Waals surface area contributed by atoms with E-state index in [9.17, 15) is 0 Å². The smallest absolute Gasteiger partial charge is 0.227 e. The summed E-state index contributed by atoms with van der Waals surface area (Å²) in [5.74, 6) is 2.08. The first-order chi connectivity index (χ1) is 12.2. The van der Waals surface area contributed by atoms with E-state index < -0.39 is 0 Å². The van der Waals surface area contributed by atoms with Crippen molar-refractivity contribution < 1.29 is 9.26 Å². The van der Waals surface area contributed by atoms with Crippen molar-refractivity contribution in [3.8, 4) is 5.75 Å². The largest absolute Gasteiger partial charge is 0.489 e. The summed E-state index contributed by atoms with van der Waals surface area (Å²) < 4.78 is 11.0. The maximum absolute atomic E-state index is 6.12. The number of aryl methyl sites for hydroxylation is 1. The van der Waals surface area contributed by atoms with Gasteiger partial charge in [-0.3, -0.25) is 4.98 Å². The lowest BCUT2D eigenvalue weighted by atomic mass is 10.2. The Hall–Kier alpha value is -2.44. The van der Waals surface area contributed by atoms with Crippen molar-refractivity contribution in [2.75, 3.05) is 6.54 Å². The molecule has 3 rings (SSSR count). The standard InChI is InChI=1S/C18H19ClN4O2/c1-13-22-18(25-23-13)6-8-21-11-15-9-16(19)4-5-17(15)24-12-14-3-2-7-20-10-14/h2-5,7,9-10,21H,6,8,11-12H2,1H3.